The van der Waals surface area contributed by atoms with E-state index in [1.807, 2.05) is 42.5 Å². The fourth-order valence-electron chi connectivity index (χ4n) is 4.31. The summed E-state index contributed by atoms with van der Waals surface area (Å²) in [5.74, 6) is 0.235. The maximum absolute atomic E-state index is 6.81. The molecule has 5 heteroatoms. The quantitative estimate of drug-likeness (QED) is 0.106. The van der Waals surface area contributed by atoms with Crippen LogP contribution in [0.5, 0.6) is 0 Å². The minimum atomic E-state index is -2.08. The summed E-state index contributed by atoms with van der Waals surface area (Å²) in [6.45, 7) is 36.4. The van der Waals surface area contributed by atoms with Gasteiger partial charge in [0.25, 0.3) is 0 Å². The van der Waals surface area contributed by atoms with Gasteiger partial charge in [-0.2, -0.15) is 0 Å². The van der Waals surface area contributed by atoms with Gasteiger partial charge in [-0.05, 0) is 48.3 Å². The Morgan fingerprint density at radius 3 is 1.32 bits per heavy atom. The van der Waals surface area contributed by atoms with Crippen molar-refractivity contribution < 1.29 is 8.85 Å². The Morgan fingerprint density at radius 1 is 0.618 bits per heavy atom. The summed E-state index contributed by atoms with van der Waals surface area (Å²) in [5.41, 5.74) is 3.84. The second kappa shape index (κ2) is 17.0. The lowest BCUT2D eigenvalue weighted by atomic mass is 9.98. The summed E-state index contributed by atoms with van der Waals surface area (Å²) in [4.78, 5) is 0. The third-order valence-electron chi connectivity index (χ3n) is 5.83. The van der Waals surface area contributed by atoms with Gasteiger partial charge in [-0.25, -0.2) is 0 Å². The zero-order valence-electron chi connectivity index (χ0n) is 22.3. The summed E-state index contributed by atoms with van der Waals surface area (Å²) in [6, 6.07) is 5.35. The minimum absolute atomic E-state index is 0.235. The second-order valence-electron chi connectivity index (χ2n) is 10.2. The van der Waals surface area contributed by atoms with Crippen molar-refractivity contribution in [3.63, 3.8) is 0 Å². The number of hydrogen-bond acceptors (Lipinski definition) is 2. The van der Waals surface area contributed by atoms with Crippen LogP contribution in [0.4, 0.5) is 0 Å². The summed E-state index contributed by atoms with van der Waals surface area (Å²) >= 11 is 0. The predicted octanol–water partition coefficient (Wildman–Crippen LogP) is 9.02. The number of rotatable bonds is 22. The van der Waals surface area contributed by atoms with Crippen molar-refractivity contribution in [2.45, 2.75) is 62.3 Å². The zero-order chi connectivity index (χ0) is 26.1. The minimum Gasteiger partial charge on any atom is -0.415 e. The summed E-state index contributed by atoms with van der Waals surface area (Å²) in [5, 5.41) is 0. The first-order valence-corrected chi connectivity index (χ1v) is 21.0. The first-order chi connectivity index (χ1) is 16.1. The highest BCUT2D eigenvalue weighted by Crippen LogP contribution is 2.30. The van der Waals surface area contributed by atoms with E-state index in [-0.39, 0.29) is 5.92 Å². The van der Waals surface area contributed by atoms with Crippen LogP contribution < -0.4 is 0 Å². The fraction of sp³-hybridized carbons (Fsp3) is 0.448. The molecule has 0 N–H and O–H groups in total. The van der Waals surface area contributed by atoms with Gasteiger partial charge >= 0.3 is 0 Å². The molecule has 1 unspecified atom stereocenters. The molecular formula is C29H50O2Si3. The van der Waals surface area contributed by atoms with Crippen LogP contribution in [0.3, 0.4) is 0 Å². The third-order valence-corrected chi connectivity index (χ3v) is 14.8. The fourth-order valence-corrected chi connectivity index (χ4v) is 11.6. The first-order valence-electron chi connectivity index (χ1n) is 12.4. The summed E-state index contributed by atoms with van der Waals surface area (Å²) in [6.07, 6.45) is 14.8. The molecule has 0 bridgehead atoms. The number of hydrogen-bond donors (Lipinski definition) is 0. The molecule has 1 atom stereocenters. The lowest BCUT2D eigenvalue weighted by molar-refractivity contribution is 0.239. The molecule has 0 aromatic carbocycles. The molecule has 0 fully saturated rings. The maximum Gasteiger partial charge on any atom is 0.204 e. The molecule has 0 aliphatic carbocycles. The van der Waals surface area contributed by atoms with Crippen LogP contribution in [0.2, 0.25) is 55.9 Å². The van der Waals surface area contributed by atoms with Crippen LogP contribution >= 0.6 is 0 Å². The highest BCUT2D eigenvalue weighted by Gasteiger charge is 2.34. The van der Waals surface area contributed by atoms with Gasteiger partial charge in [0.05, 0.1) is 14.7 Å². The van der Waals surface area contributed by atoms with Gasteiger partial charge in [0, 0.05) is 12.5 Å². The monoisotopic (exact) mass is 514 g/mol. The van der Waals surface area contributed by atoms with Gasteiger partial charge in [-0.15, -0.1) is 46.1 Å². The second-order valence-corrected chi connectivity index (χ2v) is 23.0. The molecule has 0 aromatic heterocycles. The van der Waals surface area contributed by atoms with Crippen LogP contribution in [-0.2, 0) is 8.85 Å². The molecule has 0 amide bonds. The van der Waals surface area contributed by atoms with Crippen LogP contribution in [0.1, 0.15) is 6.42 Å². The van der Waals surface area contributed by atoms with Crippen molar-refractivity contribution in [1.82, 2.24) is 0 Å². The molecular weight excluding hydrogens is 465 g/mol. The first kappa shape index (κ1) is 32.5. The molecule has 0 spiro atoms. The Kier molecular flexibility index (Phi) is 16.3. The van der Waals surface area contributed by atoms with Crippen LogP contribution in [0.25, 0.3) is 0 Å². The molecule has 0 aliphatic rings. The average molecular weight is 515 g/mol. The lowest BCUT2D eigenvalue weighted by Gasteiger charge is -2.34. The Hall–Kier alpha value is -1.51. The van der Waals surface area contributed by atoms with Gasteiger partial charge in [0.1, 0.15) is 0 Å². The van der Waals surface area contributed by atoms with E-state index in [1.54, 1.807) is 0 Å². The molecule has 34 heavy (non-hydrogen) atoms. The molecule has 0 saturated carbocycles. The molecule has 0 heterocycles. The Morgan fingerprint density at radius 2 is 1.00 bits per heavy atom. The smallest absolute Gasteiger partial charge is 0.204 e. The molecule has 2 nitrogen and oxygen atoms in total. The van der Waals surface area contributed by atoms with Crippen molar-refractivity contribution in [1.29, 1.82) is 0 Å². The van der Waals surface area contributed by atoms with E-state index in [2.05, 4.69) is 71.4 Å². The van der Waals surface area contributed by atoms with Crippen molar-refractivity contribution in [3.8, 4) is 0 Å². The van der Waals surface area contributed by atoms with Crippen LogP contribution in [0.15, 0.2) is 99.9 Å². The van der Waals surface area contributed by atoms with E-state index in [9.17, 15) is 0 Å². The molecule has 0 rings (SSSR count). The van der Waals surface area contributed by atoms with Crippen LogP contribution in [0, 0.1) is 5.92 Å². The summed E-state index contributed by atoms with van der Waals surface area (Å²) < 4.78 is 13.6. The highest BCUT2D eigenvalue weighted by molar-refractivity contribution is 6.81. The van der Waals surface area contributed by atoms with E-state index < -0.39 is 24.7 Å². The van der Waals surface area contributed by atoms with E-state index in [0.717, 1.165) is 42.7 Å². The lowest BCUT2D eigenvalue weighted by Crippen LogP contribution is -2.40. The van der Waals surface area contributed by atoms with Gasteiger partial charge in [-0.1, -0.05) is 67.9 Å². The van der Waals surface area contributed by atoms with Crippen molar-refractivity contribution >= 4 is 24.7 Å². The largest absolute Gasteiger partial charge is 0.415 e. The SMILES string of the molecule is C=CCC(CO[Si](CC=C)(CC=C)CC=C)C(=C[Si](C)(C)C)CO[Si](CC=C)(CC=C)CC=C. The van der Waals surface area contributed by atoms with E-state index in [0.29, 0.717) is 13.2 Å². The third kappa shape index (κ3) is 12.3. The number of allylic oxidation sites excluding steroid dienone is 7. The Bertz CT molecular complexity index is 662. The Labute approximate surface area is 214 Å². The average Bonchev–Trinajstić information content (AvgIpc) is 2.74. The van der Waals surface area contributed by atoms with Gasteiger partial charge < -0.3 is 8.85 Å². The molecule has 190 valence electrons. The summed E-state index contributed by atoms with van der Waals surface area (Å²) in [7, 11) is -5.64. The normalized spacial score (nSPS) is 13.6. The van der Waals surface area contributed by atoms with E-state index in [4.69, 9.17) is 8.85 Å². The van der Waals surface area contributed by atoms with Gasteiger partial charge in [0.2, 0.25) is 16.6 Å². The highest BCUT2D eigenvalue weighted by atomic mass is 28.4. The van der Waals surface area contributed by atoms with E-state index in [1.165, 1.54) is 5.57 Å². The standard InChI is InChI=1S/C29H50O2Si3/c1-11-18-28(25-30-33(19-12-2,20-13-3)21-14-4)29(27-32(8,9)10)26-31-34(22-15-5,23-16-6)24-17-7/h11-17,27-28H,1-7,18-26H2,8-10H3. The maximum atomic E-state index is 6.81. The van der Waals surface area contributed by atoms with Crippen molar-refractivity contribution in [2.75, 3.05) is 13.2 Å². The van der Waals surface area contributed by atoms with Gasteiger partial charge in [0.15, 0.2) is 0 Å². The predicted molar refractivity (Wildman–Crippen MR) is 163 cm³/mol. The van der Waals surface area contributed by atoms with E-state index >= 15 is 0 Å². The van der Waals surface area contributed by atoms with Crippen LogP contribution in [-0.4, -0.2) is 37.9 Å². The molecule has 0 radical (unpaired) electrons. The molecule has 0 aliphatic heterocycles. The van der Waals surface area contributed by atoms with Gasteiger partial charge in [-0.3, -0.25) is 0 Å². The zero-order valence-corrected chi connectivity index (χ0v) is 25.3. The molecule has 0 saturated heterocycles. The van der Waals surface area contributed by atoms with Crippen molar-refractivity contribution in [3.05, 3.63) is 99.9 Å². The molecule has 0 aromatic rings. The Balaban J connectivity index is 6.07. The topological polar surface area (TPSA) is 18.5 Å². The van der Waals surface area contributed by atoms with Crippen molar-refractivity contribution in [2.24, 2.45) is 5.92 Å².